The van der Waals surface area contributed by atoms with Crippen molar-refractivity contribution in [1.82, 2.24) is 9.78 Å². The number of aryl methyl sites for hydroxylation is 2. The summed E-state index contributed by atoms with van der Waals surface area (Å²) in [6.45, 7) is 2.02. The number of benzene rings is 1. The molecular formula is C14H15BrClN3O. The van der Waals surface area contributed by atoms with Crippen LogP contribution in [0.2, 0.25) is 5.02 Å². The highest BCUT2D eigenvalue weighted by molar-refractivity contribution is 9.10. The second kappa shape index (κ2) is 5.97. The van der Waals surface area contributed by atoms with Gasteiger partial charge in [0.15, 0.2) is 5.78 Å². The Hall–Kier alpha value is -1.33. The Morgan fingerprint density at radius 3 is 2.70 bits per heavy atom. The standard InChI is InChI=1S/C14H15BrClN3O/c1-3-11-14(15)12(19(2)18-11)7-13(20)8-4-9(16)6-10(17)5-8/h4-6H,3,7,17H2,1-2H3. The third-order valence-corrected chi connectivity index (χ3v) is 4.21. The van der Waals surface area contributed by atoms with Gasteiger partial charge in [0.1, 0.15) is 0 Å². The number of hydrogen-bond acceptors (Lipinski definition) is 3. The molecular weight excluding hydrogens is 342 g/mol. The van der Waals surface area contributed by atoms with E-state index in [0.717, 1.165) is 22.3 Å². The molecule has 0 bridgehead atoms. The summed E-state index contributed by atoms with van der Waals surface area (Å²) in [4.78, 5) is 12.3. The molecule has 0 amide bonds. The Kier molecular flexibility index (Phi) is 4.50. The van der Waals surface area contributed by atoms with Gasteiger partial charge in [0, 0.05) is 23.3 Å². The second-order valence-electron chi connectivity index (χ2n) is 4.56. The summed E-state index contributed by atoms with van der Waals surface area (Å²) in [6, 6.07) is 4.89. The molecule has 1 aromatic carbocycles. The lowest BCUT2D eigenvalue weighted by atomic mass is 10.1. The van der Waals surface area contributed by atoms with Gasteiger partial charge in [-0.15, -0.1) is 0 Å². The SMILES string of the molecule is CCc1nn(C)c(CC(=O)c2cc(N)cc(Cl)c2)c1Br. The number of nitrogens with zero attached hydrogens (tertiary/aromatic N) is 2. The smallest absolute Gasteiger partial charge is 0.168 e. The topological polar surface area (TPSA) is 60.9 Å². The van der Waals surface area contributed by atoms with Gasteiger partial charge in [-0.1, -0.05) is 18.5 Å². The molecule has 0 aliphatic carbocycles. The number of ketones is 1. The second-order valence-corrected chi connectivity index (χ2v) is 5.79. The van der Waals surface area contributed by atoms with Crippen molar-refractivity contribution < 1.29 is 4.79 Å². The van der Waals surface area contributed by atoms with E-state index >= 15 is 0 Å². The number of halogens is 2. The average Bonchev–Trinajstić information content (AvgIpc) is 2.65. The summed E-state index contributed by atoms with van der Waals surface area (Å²) in [5, 5.41) is 4.84. The van der Waals surface area contributed by atoms with Crippen LogP contribution in [0.3, 0.4) is 0 Å². The highest BCUT2D eigenvalue weighted by atomic mass is 79.9. The van der Waals surface area contributed by atoms with E-state index in [1.807, 2.05) is 14.0 Å². The number of hydrogen-bond donors (Lipinski definition) is 1. The summed E-state index contributed by atoms with van der Waals surface area (Å²) in [6.07, 6.45) is 1.07. The number of rotatable bonds is 4. The van der Waals surface area contributed by atoms with E-state index < -0.39 is 0 Å². The van der Waals surface area contributed by atoms with E-state index in [-0.39, 0.29) is 12.2 Å². The molecule has 0 saturated carbocycles. The van der Waals surface area contributed by atoms with Crippen LogP contribution in [-0.2, 0) is 19.9 Å². The Morgan fingerprint density at radius 1 is 1.45 bits per heavy atom. The van der Waals surface area contributed by atoms with Crippen molar-refractivity contribution >= 4 is 39.0 Å². The van der Waals surface area contributed by atoms with Crippen LogP contribution in [0, 0.1) is 0 Å². The maximum Gasteiger partial charge on any atom is 0.168 e. The minimum absolute atomic E-state index is 0.0365. The lowest BCUT2D eigenvalue weighted by Gasteiger charge is -2.05. The van der Waals surface area contributed by atoms with Gasteiger partial charge < -0.3 is 5.73 Å². The first-order valence-electron chi connectivity index (χ1n) is 6.22. The van der Waals surface area contributed by atoms with Gasteiger partial charge in [0.25, 0.3) is 0 Å². The molecule has 20 heavy (non-hydrogen) atoms. The quantitative estimate of drug-likeness (QED) is 0.674. The minimum Gasteiger partial charge on any atom is -0.399 e. The predicted octanol–water partition coefficient (Wildman–Crippen LogP) is 3.41. The van der Waals surface area contributed by atoms with Crippen LogP contribution < -0.4 is 5.73 Å². The number of nitrogens with two attached hydrogens (primary N) is 1. The largest absolute Gasteiger partial charge is 0.399 e. The summed E-state index contributed by atoms with van der Waals surface area (Å²) in [5.74, 6) is -0.0365. The lowest BCUT2D eigenvalue weighted by Crippen LogP contribution is -2.09. The zero-order chi connectivity index (χ0) is 14.9. The van der Waals surface area contributed by atoms with Crippen LogP contribution in [0.5, 0.6) is 0 Å². The summed E-state index contributed by atoms with van der Waals surface area (Å²) >= 11 is 9.43. The van der Waals surface area contributed by atoms with E-state index in [1.165, 1.54) is 0 Å². The van der Waals surface area contributed by atoms with Crippen molar-refractivity contribution in [3.05, 3.63) is 44.6 Å². The van der Waals surface area contributed by atoms with Gasteiger partial charge >= 0.3 is 0 Å². The maximum atomic E-state index is 12.3. The Morgan fingerprint density at radius 2 is 2.15 bits per heavy atom. The summed E-state index contributed by atoms with van der Waals surface area (Å²) in [7, 11) is 1.83. The van der Waals surface area contributed by atoms with Gasteiger partial charge in [0.05, 0.1) is 22.3 Å². The lowest BCUT2D eigenvalue weighted by molar-refractivity contribution is 0.0990. The Bertz CT molecular complexity index is 646. The first-order chi connectivity index (χ1) is 9.42. The Labute approximate surface area is 131 Å². The fourth-order valence-corrected chi connectivity index (χ4v) is 3.04. The van der Waals surface area contributed by atoms with Crippen LogP contribution in [0.1, 0.15) is 28.7 Å². The van der Waals surface area contributed by atoms with Gasteiger partial charge in [-0.25, -0.2) is 0 Å². The van der Waals surface area contributed by atoms with Gasteiger partial charge in [-0.3, -0.25) is 9.48 Å². The third kappa shape index (κ3) is 3.04. The summed E-state index contributed by atoms with van der Waals surface area (Å²) < 4.78 is 2.63. The van der Waals surface area contributed by atoms with Gasteiger partial charge in [-0.05, 0) is 40.5 Å². The first-order valence-corrected chi connectivity index (χ1v) is 7.39. The van der Waals surface area contributed by atoms with E-state index in [0.29, 0.717) is 16.3 Å². The molecule has 2 aromatic rings. The van der Waals surface area contributed by atoms with E-state index in [4.69, 9.17) is 17.3 Å². The maximum absolute atomic E-state index is 12.3. The number of aromatic nitrogens is 2. The minimum atomic E-state index is -0.0365. The van der Waals surface area contributed by atoms with Crippen molar-refractivity contribution in [2.24, 2.45) is 7.05 Å². The van der Waals surface area contributed by atoms with Crippen LogP contribution in [0.15, 0.2) is 22.7 Å². The number of carbonyl (C=O) groups excluding carboxylic acids is 1. The van der Waals surface area contributed by atoms with Crippen molar-refractivity contribution in [3.8, 4) is 0 Å². The van der Waals surface area contributed by atoms with Crippen LogP contribution in [-0.4, -0.2) is 15.6 Å². The fraction of sp³-hybridized carbons (Fsp3) is 0.286. The zero-order valence-electron chi connectivity index (χ0n) is 11.3. The highest BCUT2D eigenvalue weighted by Crippen LogP contribution is 2.24. The van der Waals surface area contributed by atoms with Crippen molar-refractivity contribution in [1.29, 1.82) is 0 Å². The molecule has 1 aromatic heterocycles. The van der Waals surface area contributed by atoms with E-state index in [9.17, 15) is 4.79 Å². The molecule has 2 rings (SSSR count). The molecule has 6 heteroatoms. The van der Waals surface area contributed by atoms with Crippen molar-refractivity contribution in [2.75, 3.05) is 5.73 Å². The summed E-state index contributed by atoms with van der Waals surface area (Å²) in [5.41, 5.74) is 8.51. The molecule has 0 spiro atoms. The van der Waals surface area contributed by atoms with Crippen LogP contribution in [0.4, 0.5) is 5.69 Å². The molecule has 1 heterocycles. The van der Waals surface area contributed by atoms with Crippen molar-refractivity contribution in [3.63, 3.8) is 0 Å². The highest BCUT2D eigenvalue weighted by Gasteiger charge is 2.17. The molecule has 0 radical (unpaired) electrons. The van der Waals surface area contributed by atoms with Gasteiger partial charge in [0.2, 0.25) is 0 Å². The normalized spacial score (nSPS) is 10.8. The number of nitrogen functional groups attached to an aromatic ring is 1. The monoisotopic (exact) mass is 355 g/mol. The number of anilines is 1. The number of Topliss-reactive ketones (excluding diaryl/α,β-unsaturated/α-hetero) is 1. The molecule has 0 saturated heterocycles. The van der Waals surface area contributed by atoms with Crippen LogP contribution >= 0.6 is 27.5 Å². The first kappa shape index (κ1) is 15.1. The molecule has 0 unspecified atom stereocenters. The third-order valence-electron chi connectivity index (χ3n) is 3.07. The Balaban J connectivity index is 2.30. The predicted molar refractivity (Wildman–Crippen MR) is 84.2 cm³/mol. The molecule has 0 aliphatic rings. The van der Waals surface area contributed by atoms with Crippen molar-refractivity contribution in [2.45, 2.75) is 19.8 Å². The van der Waals surface area contributed by atoms with E-state index in [1.54, 1.807) is 22.9 Å². The fourth-order valence-electron chi connectivity index (χ4n) is 2.04. The van der Waals surface area contributed by atoms with E-state index in [2.05, 4.69) is 21.0 Å². The zero-order valence-corrected chi connectivity index (χ0v) is 13.6. The van der Waals surface area contributed by atoms with Crippen LogP contribution in [0.25, 0.3) is 0 Å². The number of carbonyl (C=O) groups is 1. The molecule has 0 atom stereocenters. The van der Waals surface area contributed by atoms with Gasteiger partial charge in [-0.2, -0.15) is 5.10 Å². The molecule has 106 valence electrons. The molecule has 0 fully saturated rings. The average molecular weight is 357 g/mol. The molecule has 0 aliphatic heterocycles. The molecule has 4 nitrogen and oxygen atoms in total. The molecule has 2 N–H and O–H groups in total.